The molecule has 6 nitrogen and oxygen atoms in total. The third kappa shape index (κ3) is 2.96. The summed E-state index contributed by atoms with van der Waals surface area (Å²) in [5.41, 5.74) is 3.38. The zero-order valence-corrected chi connectivity index (χ0v) is 12.8. The highest BCUT2D eigenvalue weighted by Gasteiger charge is 2.19. The number of aromatic nitrogens is 1. The molecule has 0 atom stereocenters. The van der Waals surface area contributed by atoms with Gasteiger partial charge in [0, 0.05) is 5.69 Å². The molecule has 24 heavy (non-hydrogen) atoms. The number of nitrogens with one attached hydrogen (secondary N) is 1. The summed E-state index contributed by atoms with van der Waals surface area (Å²) in [6.45, 7) is 1.65. The zero-order valence-electron chi connectivity index (χ0n) is 12.8. The largest absolute Gasteiger partial charge is 0.476 e. The van der Waals surface area contributed by atoms with Crippen molar-refractivity contribution in [3.8, 4) is 17.2 Å². The maximum atomic E-state index is 11.2. The van der Waals surface area contributed by atoms with E-state index in [1.54, 1.807) is 19.1 Å². The molecule has 0 aliphatic heterocycles. The first kappa shape index (κ1) is 15.3. The average molecular weight is 319 g/mol. The Bertz CT molecular complexity index is 937. The Morgan fingerprint density at radius 1 is 1.21 bits per heavy atom. The highest BCUT2D eigenvalue weighted by molar-refractivity contribution is 5.93. The molecule has 3 rings (SSSR count). The van der Waals surface area contributed by atoms with E-state index in [1.807, 2.05) is 36.4 Å². The van der Waals surface area contributed by atoms with E-state index in [-0.39, 0.29) is 5.69 Å². The van der Waals surface area contributed by atoms with Gasteiger partial charge in [-0.05, 0) is 42.3 Å². The summed E-state index contributed by atoms with van der Waals surface area (Å²) in [6.07, 6.45) is 0. The normalized spacial score (nSPS) is 10.2. The molecule has 0 fully saturated rings. The second-order valence-corrected chi connectivity index (χ2v) is 5.16. The van der Waals surface area contributed by atoms with Crippen molar-refractivity contribution in [2.24, 2.45) is 0 Å². The molecule has 6 heteroatoms. The highest BCUT2D eigenvalue weighted by Crippen LogP contribution is 2.28. The summed E-state index contributed by atoms with van der Waals surface area (Å²) < 4.78 is 4.95. The highest BCUT2D eigenvalue weighted by atomic mass is 16.5. The van der Waals surface area contributed by atoms with Crippen LogP contribution in [0.5, 0.6) is 0 Å². The molecule has 0 bridgehead atoms. The van der Waals surface area contributed by atoms with E-state index in [0.717, 1.165) is 11.1 Å². The molecular formula is C18H13N3O3. The van der Waals surface area contributed by atoms with Gasteiger partial charge in [-0.3, -0.25) is 0 Å². The summed E-state index contributed by atoms with van der Waals surface area (Å²) >= 11 is 0. The molecule has 1 aromatic heterocycles. The van der Waals surface area contributed by atoms with Crippen molar-refractivity contribution in [3.05, 3.63) is 65.5 Å². The Kier molecular flexibility index (Phi) is 4.00. The number of hydrogen-bond donors (Lipinski definition) is 2. The second kappa shape index (κ2) is 6.26. The minimum absolute atomic E-state index is 0.156. The first-order valence-corrected chi connectivity index (χ1v) is 7.15. The summed E-state index contributed by atoms with van der Waals surface area (Å²) in [7, 11) is 0. The van der Waals surface area contributed by atoms with Crippen molar-refractivity contribution in [2.45, 2.75) is 6.92 Å². The van der Waals surface area contributed by atoms with E-state index in [2.05, 4.69) is 16.5 Å². The average Bonchev–Trinajstić information content (AvgIpc) is 2.96. The van der Waals surface area contributed by atoms with Crippen LogP contribution in [0.1, 0.15) is 21.8 Å². The van der Waals surface area contributed by atoms with E-state index in [0.29, 0.717) is 22.7 Å². The molecule has 0 spiro atoms. The van der Waals surface area contributed by atoms with E-state index >= 15 is 0 Å². The molecule has 0 saturated heterocycles. The van der Waals surface area contributed by atoms with Gasteiger partial charge in [0.2, 0.25) is 5.69 Å². The van der Waals surface area contributed by atoms with Crippen LogP contribution in [0.3, 0.4) is 0 Å². The molecule has 1 heterocycles. The predicted octanol–water partition coefficient (Wildman–Crippen LogP) is 3.96. The van der Waals surface area contributed by atoms with Gasteiger partial charge < -0.3 is 14.9 Å². The maximum Gasteiger partial charge on any atom is 0.360 e. The molecule has 2 N–H and O–H groups in total. The van der Waals surface area contributed by atoms with Crippen LogP contribution in [0.15, 0.2) is 53.1 Å². The third-order valence-corrected chi connectivity index (χ3v) is 3.54. The lowest BCUT2D eigenvalue weighted by atomic mass is 10.0. The molecule has 0 aliphatic rings. The van der Waals surface area contributed by atoms with Gasteiger partial charge in [0.15, 0.2) is 5.76 Å². The van der Waals surface area contributed by atoms with Gasteiger partial charge >= 0.3 is 5.97 Å². The van der Waals surface area contributed by atoms with Crippen LogP contribution in [0, 0.1) is 18.3 Å². The Morgan fingerprint density at radius 3 is 2.62 bits per heavy atom. The van der Waals surface area contributed by atoms with Crippen LogP contribution in [0.2, 0.25) is 0 Å². The Labute approximate surface area is 138 Å². The number of aryl methyl sites for hydroxylation is 1. The summed E-state index contributed by atoms with van der Waals surface area (Å²) in [5, 5.41) is 24.6. The number of aromatic carboxylic acids is 1. The molecule has 0 saturated carbocycles. The molecule has 2 aromatic carbocycles. The Morgan fingerprint density at radius 2 is 1.96 bits per heavy atom. The van der Waals surface area contributed by atoms with Gasteiger partial charge in [-0.15, -0.1) is 0 Å². The lowest BCUT2D eigenvalue weighted by Crippen LogP contribution is -2.02. The Hall–Kier alpha value is -3.59. The van der Waals surface area contributed by atoms with Crippen LogP contribution in [0.4, 0.5) is 11.4 Å². The molecular weight excluding hydrogens is 306 g/mol. The van der Waals surface area contributed by atoms with E-state index in [1.165, 1.54) is 0 Å². The summed E-state index contributed by atoms with van der Waals surface area (Å²) in [6, 6.07) is 16.8. The number of hydrogen-bond acceptors (Lipinski definition) is 5. The predicted molar refractivity (Wildman–Crippen MR) is 88.1 cm³/mol. The number of nitriles is 1. The number of anilines is 2. The first-order valence-electron chi connectivity index (χ1n) is 7.15. The van der Waals surface area contributed by atoms with Crippen LogP contribution < -0.4 is 5.32 Å². The fourth-order valence-electron chi connectivity index (χ4n) is 2.32. The number of nitrogens with zero attached hydrogens (tertiary/aromatic N) is 2. The van der Waals surface area contributed by atoms with Crippen molar-refractivity contribution in [2.75, 3.05) is 5.32 Å². The van der Waals surface area contributed by atoms with Crippen LogP contribution in [0.25, 0.3) is 11.1 Å². The summed E-state index contributed by atoms with van der Waals surface area (Å²) in [4.78, 5) is 11.2. The van der Waals surface area contributed by atoms with Crippen LogP contribution in [-0.4, -0.2) is 16.2 Å². The first-order chi connectivity index (χ1) is 11.6. The van der Waals surface area contributed by atoms with E-state index in [9.17, 15) is 4.79 Å². The lowest BCUT2D eigenvalue weighted by molar-refractivity contribution is 0.0686. The molecule has 0 radical (unpaired) electrons. The minimum atomic E-state index is -1.16. The van der Waals surface area contributed by atoms with Gasteiger partial charge in [-0.25, -0.2) is 4.79 Å². The number of carbonyl (C=O) groups is 1. The fraction of sp³-hybridized carbons (Fsp3) is 0.0556. The van der Waals surface area contributed by atoms with Crippen molar-refractivity contribution >= 4 is 17.3 Å². The molecule has 118 valence electrons. The van der Waals surface area contributed by atoms with Gasteiger partial charge in [-0.2, -0.15) is 5.26 Å². The SMILES string of the molecule is Cc1onc(C(=O)O)c1Nc1cccc(-c2ccc(C#N)cc2)c1. The van der Waals surface area contributed by atoms with Crippen LogP contribution in [-0.2, 0) is 0 Å². The zero-order chi connectivity index (χ0) is 17.1. The van der Waals surface area contributed by atoms with Crippen molar-refractivity contribution in [3.63, 3.8) is 0 Å². The number of carboxylic acids is 1. The lowest BCUT2D eigenvalue weighted by Gasteiger charge is -2.08. The molecule has 0 aliphatic carbocycles. The fourth-order valence-corrected chi connectivity index (χ4v) is 2.32. The Balaban J connectivity index is 1.92. The number of carboxylic acid groups (broad SMARTS) is 1. The van der Waals surface area contributed by atoms with Gasteiger partial charge in [-0.1, -0.05) is 29.4 Å². The van der Waals surface area contributed by atoms with Crippen molar-refractivity contribution in [1.29, 1.82) is 5.26 Å². The molecule has 0 unspecified atom stereocenters. The quantitative estimate of drug-likeness (QED) is 0.755. The van der Waals surface area contributed by atoms with Gasteiger partial charge in [0.1, 0.15) is 5.69 Å². The van der Waals surface area contributed by atoms with Gasteiger partial charge in [0.25, 0.3) is 0 Å². The van der Waals surface area contributed by atoms with Crippen molar-refractivity contribution < 1.29 is 14.4 Å². The van der Waals surface area contributed by atoms with E-state index < -0.39 is 5.97 Å². The summed E-state index contributed by atoms with van der Waals surface area (Å²) in [5.74, 6) is -0.756. The number of rotatable bonds is 4. The van der Waals surface area contributed by atoms with Gasteiger partial charge in [0.05, 0.1) is 11.6 Å². The smallest absolute Gasteiger partial charge is 0.360 e. The van der Waals surface area contributed by atoms with E-state index in [4.69, 9.17) is 14.9 Å². The van der Waals surface area contributed by atoms with Crippen molar-refractivity contribution in [1.82, 2.24) is 5.16 Å². The standard InChI is InChI=1S/C18H13N3O3/c1-11-16(17(18(22)23)21-24-11)20-15-4-2-3-14(9-15)13-7-5-12(10-19)6-8-13/h2-9,20H,1H3,(H,22,23). The monoisotopic (exact) mass is 319 g/mol. The second-order valence-electron chi connectivity index (χ2n) is 5.16. The minimum Gasteiger partial charge on any atom is -0.476 e. The third-order valence-electron chi connectivity index (χ3n) is 3.54. The molecule has 0 amide bonds. The maximum absolute atomic E-state index is 11.2. The molecule has 3 aromatic rings. The topological polar surface area (TPSA) is 99.2 Å². The van der Waals surface area contributed by atoms with Crippen LogP contribution >= 0.6 is 0 Å². The number of benzene rings is 2.